The van der Waals surface area contributed by atoms with Gasteiger partial charge in [-0.15, -0.1) is 0 Å². The summed E-state index contributed by atoms with van der Waals surface area (Å²) in [4.78, 5) is 0. The third kappa shape index (κ3) is 3.67. The van der Waals surface area contributed by atoms with Gasteiger partial charge in [0.25, 0.3) is 0 Å². The highest BCUT2D eigenvalue weighted by molar-refractivity contribution is 6.62. The third-order valence-corrected chi connectivity index (χ3v) is 5.21. The van der Waals surface area contributed by atoms with E-state index in [0.717, 1.165) is 17.1 Å². The summed E-state index contributed by atoms with van der Waals surface area (Å²) in [6.45, 7) is 7.90. The monoisotopic (exact) mass is 362 g/mol. The zero-order valence-electron chi connectivity index (χ0n) is 15.4. The number of benzene rings is 2. The van der Waals surface area contributed by atoms with E-state index < -0.39 is 30.1 Å². The van der Waals surface area contributed by atoms with Gasteiger partial charge in [-0.05, 0) is 56.8 Å². The molecule has 0 spiro atoms. The lowest BCUT2D eigenvalue weighted by Gasteiger charge is -2.32. The van der Waals surface area contributed by atoms with Crippen molar-refractivity contribution in [2.24, 2.45) is 0 Å². The number of hydrogen-bond donors (Lipinski definition) is 0. The smallest absolute Gasteiger partial charge is 0.399 e. The van der Waals surface area contributed by atoms with Gasteiger partial charge < -0.3 is 9.31 Å². The number of rotatable bonds is 3. The highest BCUT2D eigenvalue weighted by Gasteiger charge is 2.52. The van der Waals surface area contributed by atoms with Crippen molar-refractivity contribution >= 4 is 12.6 Å². The topological polar surface area (TPSA) is 18.5 Å². The Hall–Kier alpha value is -1.79. The van der Waals surface area contributed by atoms with E-state index in [4.69, 9.17) is 9.31 Å². The molecule has 1 aliphatic rings. The summed E-state index contributed by atoms with van der Waals surface area (Å²) in [6, 6.07) is 13.0. The Morgan fingerprint density at radius 2 is 1.50 bits per heavy atom. The van der Waals surface area contributed by atoms with Crippen LogP contribution in [-0.2, 0) is 21.9 Å². The molecule has 1 saturated heterocycles. The van der Waals surface area contributed by atoms with Crippen LogP contribution < -0.4 is 5.46 Å². The maximum Gasteiger partial charge on any atom is 0.495 e. The SMILES string of the molecule is CC1(C)OB(c2ccccc2Cc2cccc(C(F)(F)F)c2)OC1(C)C. The molecule has 138 valence electrons. The molecule has 3 rings (SSSR count). The predicted molar refractivity (Wildman–Crippen MR) is 96.4 cm³/mol. The highest BCUT2D eigenvalue weighted by atomic mass is 19.4. The van der Waals surface area contributed by atoms with Crippen molar-refractivity contribution < 1.29 is 22.5 Å². The van der Waals surface area contributed by atoms with Crippen LogP contribution in [0.2, 0.25) is 0 Å². The zero-order chi connectivity index (χ0) is 19.2. The van der Waals surface area contributed by atoms with Crippen molar-refractivity contribution in [3.05, 3.63) is 65.2 Å². The van der Waals surface area contributed by atoms with E-state index in [0.29, 0.717) is 12.0 Å². The van der Waals surface area contributed by atoms with E-state index in [1.807, 2.05) is 52.0 Å². The standard InChI is InChI=1S/C20H22BF3O2/c1-18(2)19(3,4)26-21(25-18)17-11-6-5-9-15(17)12-14-8-7-10-16(13-14)20(22,23)24/h5-11,13H,12H2,1-4H3. The summed E-state index contributed by atoms with van der Waals surface area (Å²) in [5, 5.41) is 0. The first kappa shape index (κ1) is 19.0. The average molecular weight is 362 g/mol. The van der Waals surface area contributed by atoms with Crippen LogP contribution in [0.1, 0.15) is 44.4 Å². The molecule has 0 unspecified atom stereocenters. The second-order valence-corrected chi connectivity index (χ2v) is 7.66. The van der Waals surface area contributed by atoms with Gasteiger partial charge in [0.15, 0.2) is 0 Å². The molecule has 0 amide bonds. The first-order chi connectivity index (χ1) is 12.0. The first-order valence-electron chi connectivity index (χ1n) is 8.59. The third-order valence-electron chi connectivity index (χ3n) is 5.21. The van der Waals surface area contributed by atoms with E-state index in [-0.39, 0.29) is 0 Å². The fourth-order valence-electron chi connectivity index (χ4n) is 2.97. The van der Waals surface area contributed by atoms with Gasteiger partial charge in [0, 0.05) is 0 Å². The summed E-state index contributed by atoms with van der Waals surface area (Å²) in [7, 11) is -0.540. The van der Waals surface area contributed by atoms with Crippen molar-refractivity contribution in [1.82, 2.24) is 0 Å². The maximum absolute atomic E-state index is 13.0. The number of halogens is 3. The average Bonchev–Trinajstić information content (AvgIpc) is 2.75. The van der Waals surface area contributed by atoms with Crippen LogP contribution in [0, 0.1) is 0 Å². The Morgan fingerprint density at radius 3 is 2.12 bits per heavy atom. The molecule has 6 heteroatoms. The Balaban J connectivity index is 1.90. The summed E-state index contributed by atoms with van der Waals surface area (Å²) in [5.41, 5.74) is 0.767. The molecule has 0 bridgehead atoms. The molecule has 26 heavy (non-hydrogen) atoms. The fourth-order valence-corrected chi connectivity index (χ4v) is 2.97. The van der Waals surface area contributed by atoms with Gasteiger partial charge in [0.2, 0.25) is 0 Å². The zero-order valence-corrected chi connectivity index (χ0v) is 15.4. The van der Waals surface area contributed by atoms with Gasteiger partial charge in [0.05, 0.1) is 16.8 Å². The minimum absolute atomic E-state index is 0.379. The van der Waals surface area contributed by atoms with Crippen LogP contribution in [0.3, 0.4) is 0 Å². The molecule has 0 N–H and O–H groups in total. The Kier molecular flexibility index (Phi) is 4.70. The van der Waals surface area contributed by atoms with E-state index in [9.17, 15) is 13.2 Å². The maximum atomic E-state index is 13.0. The molecule has 1 heterocycles. The normalized spacial score (nSPS) is 19.0. The molecule has 1 fully saturated rings. The minimum Gasteiger partial charge on any atom is -0.399 e. The number of hydrogen-bond acceptors (Lipinski definition) is 2. The fraction of sp³-hybridized carbons (Fsp3) is 0.400. The van der Waals surface area contributed by atoms with Crippen molar-refractivity contribution in [1.29, 1.82) is 0 Å². The second-order valence-electron chi connectivity index (χ2n) is 7.66. The molecule has 0 radical (unpaired) electrons. The van der Waals surface area contributed by atoms with Gasteiger partial charge in [-0.2, -0.15) is 13.2 Å². The summed E-state index contributed by atoms with van der Waals surface area (Å²) in [5.74, 6) is 0. The lowest BCUT2D eigenvalue weighted by atomic mass is 9.74. The van der Waals surface area contributed by atoms with Crippen molar-refractivity contribution in [3.63, 3.8) is 0 Å². The summed E-state index contributed by atoms with van der Waals surface area (Å²) >= 11 is 0. The molecule has 0 aliphatic carbocycles. The van der Waals surface area contributed by atoms with Gasteiger partial charge >= 0.3 is 13.3 Å². The molecule has 0 atom stereocenters. The molecule has 1 aliphatic heterocycles. The molecule has 0 saturated carbocycles. The van der Waals surface area contributed by atoms with Crippen LogP contribution >= 0.6 is 0 Å². The van der Waals surface area contributed by atoms with Crippen LogP contribution in [0.5, 0.6) is 0 Å². The first-order valence-corrected chi connectivity index (χ1v) is 8.59. The van der Waals surface area contributed by atoms with Crippen molar-refractivity contribution in [2.75, 3.05) is 0 Å². The Morgan fingerprint density at radius 1 is 0.885 bits per heavy atom. The van der Waals surface area contributed by atoms with Crippen molar-refractivity contribution in [2.45, 2.75) is 51.5 Å². The van der Waals surface area contributed by atoms with Gasteiger partial charge in [-0.25, -0.2) is 0 Å². The Bertz CT molecular complexity index is 784. The van der Waals surface area contributed by atoms with Gasteiger partial charge in [-0.3, -0.25) is 0 Å². The van der Waals surface area contributed by atoms with Crippen LogP contribution in [0.25, 0.3) is 0 Å². The van der Waals surface area contributed by atoms with Gasteiger partial charge in [0.1, 0.15) is 0 Å². The van der Waals surface area contributed by atoms with Crippen molar-refractivity contribution in [3.8, 4) is 0 Å². The van der Waals surface area contributed by atoms with E-state index in [2.05, 4.69) is 0 Å². The molecular weight excluding hydrogens is 340 g/mol. The van der Waals surface area contributed by atoms with Crippen LogP contribution in [0.4, 0.5) is 13.2 Å². The molecule has 0 aromatic heterocycles. The number of alkyl halides is 3. The second kappa shape index (κ2) is 6.43. The minimum atomic E-state index is -4.35. The lowest BCUT2D eigenvalue weighted by Crippen LogP contribution is -2.41. The summed E-state index contributed by atoms with van der Waals surface area (Å²) in [6.07, 6.45) is -3.97. The van der Waals surface area contributed by atoms with E-state index in [1.165, 1.54) is 12.1 Å². The van der Waals surface area contributed by atoms with Crippen LogP contribution in [-0.4, -0.2) is 18.3 Å². The summed E-state index contributed by atoms with van der Waals surface area (Å²) < 4.78 is 51.1. The molecular formula is C20H22BF3O2. The predicted octanol–water partition coefficient (Wildman–Crippen LogP) is 4.60. The lowest BCUT2D eigenvalue weighted by molar-refractivity contribution is -0.137. The van der Waals surface area contributed by atoms with Gasteiger partial charge in [-0.1, -0.05) is 42.5 Å². The molecule has 2 aromatic rings. The van der Waals surface area contributed by atoms with E-state index in [1.54, 1.807) is 6.07 Å². The van der Waals surface area contributed by atoms with E-state index >= 15 is 0 Å². The largest absolute Gasteiger partial charge is 0.495 e. The van der Waals surface area contributed by atoms with Crippen LogP contribution in [0.15, 0.2) is 48.5 Å². The molecule has 2 nitrogen and oxygen atoms in total. The highest BCUT2D eigenvalue weighted by Crippen LogP contribution is 2.37. The Labute approximate surface area is 152 Å². The molecule has 2 aromatic carbocycles. The quantitative estimate of drug-likeness (QED) is 0.744.